The van der Waals surface area contributed by atoms with Crippen molar-refractivity contribution in [2.24, 2.45) is 0 Å². The smallest absolute Gasteiger partial charge is 0.267 e. The van der Waals surface area contributed by atoms with Gasteiger partial charge in [-0.2, -0.15) is 5.26 Å². The fourth-order valence-corrected chi connectivity index (χ4v) is 1.58. The van der Waals surface area contributed by atoms with Gasteiger partial charge in [-0.05, 0) is 24.6 Å². The lowest BCUT2D eigenvalue weighted by molar-refractivity contribution is -0.112. The van der Waals surface area contributed by atoms with Crippen molar-refractivity contribution in [3.8, 4) is 6.07 Å². The van der Waals surface area contributed by atoms with Crippen molar-refractivity contribution in [1.82, 2.24) is 5.32 Å². The zero-order chi connectivity index (χ0) is 14.3. The van der Waals surface area contributed by atoms with E-state index in [0.29, 0.717) is 23.1 Å². The Bertz CT molecular complexity index is 535. The van der Waals surface area contributed by atoms with E-state index in [9.17, 15) is 4.79 Å². The van der Waals surface area contributed by atoms with Gasteiger partial charge in [0.1, 0.15) is 11.6 Å². The zero-order valence-corrected chi connectivity index (χ0v) is 11.8. The minimum absolute atomic E-state index is 0.0236. The number of halogens is 2. The molecular formula is C13H13Cl2N3O. The second-order valence-electron chi connectivity index (χ2n) is 3.73. The summed E-state index contributed by atoms with van der Waals surface area (Å²) in [5.74, 6) is -0.0977. The molecule has 0 aliphatic rings. The standard InChI is InChI=1S/C13H13Cl2N3O/c1-9-2-3-11(15)6-12(9)18-13(19)10(7-16)8-17-5-4-14/h2-3,6,8,17H,4-5H2,1H3,(H,18,19)/b10-8-. The van der Waals surface area contributed by atoms with Crippen molar-refractivity contribution in [2.45, 2.75) is 6.92 Å². The first kappa shape index (κ1) is 15.4. The summed E-state index contributed by atoms with van der Waals surface area (Å²) < 4.78 is 0. The molecule has 0 saturated heterocycles. The number of anilines is 1. The summed E-state index contributed by atoms with van der Waals surface area (Å²) in [6.45, 7) is 2.32. The third-order valence-electron chi connectivity index (χ3n) is 2.30. The second-order valence-corrected chi connectivity index (χ2v) is 4.54. The molecule has 0 spiro atoms. The number of benzene rings is 1. The van der Waals surface area contributed by atoms with Crippen LogP contribution in [-0.2, 0) is 4.79 Å². The minimum atomic E-state index is -0.491. The summed E-state index contributed by atoms with van der Waals surface area (Å²) in [6, 6.07) is 6.98. The molecule has 4 nitrogen and oxygen atoms in total. The molecule has 1 aromatic carbocycles. The quantitative estimate of drug-likeness (QED) is 0.380. The summed E-state index contributed by atoms with van der Waals surface area (Å²) in [4.78, 5) is 11.9. The number of nitrogens with one attached hydrogen (secondary N) is 2. The molecule has 0 radical (unpaired) electrons. The number of rotatable bonds is 5. The Hall–Kier alpha value is -1.70. The molecule has 2 N–H and O–H groups in total. The Labute approximate surface area is 122 Å². The Kier molecular flexibility index (Phi) is 6.20. The second kappa shape index (κ2) is 7.67. The highest BCUT2D eigenvalue weighted by molar-refractivity contribution is 6.31. The van der Waals surface area contributed by atoms with Crippen LogP contribution in [0.5, 0.6) is 0 Å². The van der Waals surface area contributed by atoms with Gasteiger partial charge in [0, 0.05) is 29.3 Å². The molecule has 1 aromatic rings. The van der Waals surface area contributed by atoms with E-state index in [1.54, 1.807) is 18.2 Å². The van der Waals surface area contributed by atoms with Gasteiger partial charge in [0.25, 0.3) is 5.91 Å². The summed E-state index contributed by atoms with van der Waals surface area (Å²) in [5.41, 5.74) is 1.42. The molecule has 0 bridgehead atoms. The molecule has 100 valence electrons. The lowest BCUT2D eigenvalue weighted by atomic mass is 10.2. The maximum absolute atomic E-state index is 11.9. The van der Waals surface area contributed by atoms with Gasteiger partial charge in [-0.1, -0.05) is 17.7 Å². The number of nitriles is 1. The predicted octanol–water partition coefficient (Wildman–Crippen LogP) is 2.82. The van der Waals surface area contributed by atoms with E-state index in [4.69, 9.17) is 28.5 Å². The van der Waals surface area contributed by atoms with Crippen LogP contribution in [0.15, 0.2) is 30.0 Å². The molecule has 0 saturated carbocycles. The number of aryl methyl sites for hydroxylation is 1. The average Bonchev–Trinajstić information content (AvgIpc) is 2.39. The van der Waals surface area contributed by atoms with Crippen molar-refractivity contribution in [1.29, 1.82) is 5.26 Å². The number of carbonyl (C=O) groups excluding carboxylic acids is 1. The van der Waals surface area contributed by atoms with Crippen LogP contribution in [-0.4, -0.2) is 18.3 Å². The van der Waals surface area contributed by atoms with Gasteiger partial charge < -0.3 is 10.6 Å². The zero-order valence-electron chi connectivity index (χ0n) is 10.3. The van der Waals surface area contributed by atoms with E-state index in [1.165, 1.54) is 6.20 Å². The molecule has 1 rings (SSSR count). The van der Waals surface area contributed by atoms with Crippen molar-refractivity contribution in [3.63, 3.8) is 0 Å². The highest BCUT2D eigenvalue weighted by Crippen LogP contribution is 2.20. The Balaban J connectivity index is 2.80. The number of hydrogen-bond acceptors (Lipinski definition) is 3. The van der Waals surface area contributed by atoms with Gasteiger partial charge in [-0.15, -0.1) is 11.6 Å². The molecule has 0 heterocycles. The van der Waals surface area contributed by atoms with Gasteiger partial charge >= 0.3 is 0 Å². The highest BCUT2D eigenvalue weighted by atomic mass is 35.5. The Morgan fingerprint density at radius 1 is 1.53 bits per heavy atom. The number of amides is 1. The van der Waals surface area contributed by atoms with Gasteiger partial charge in [-0.3, -0.25) is 4.79 Å². The van der Waals surface area contributed by atoms with Crippen LogP contribution in [0, 0.1) is 18.3 Å². The monoisotopic (exact) mass is 297 g/mol. The normalized spacial score (nSPS) is 10.7. The molecule has 0 aliphatic heterocycles. The van der Waals surface area contributed by atoms with Crippen LogP contribution in [0.3, 0.4) is 0 Å². The van der Waals surface area contributed by atoms with Gasteiger partial charge in [0.15, 0.2) is 0 Å². The molecule has 6 heteroatoms. The van der Waals surface area contributed by atoms with Gasteiger partial charge in [-0.25, -0.2) is 0 Å². The molecule has 1 amide bonds. The van der Waals surface area contributed by atoms with Crippen LogP contribution in [0.2, 0.25) is 5.02 Å². The maximum Gasteiger partial charge on any atom is 0.267 e. The largest absolute Gasteiger partial charge is 0.388 e. The van der Waals surface area contributed by atoms with E-state index in [-0.39, 0.29) is 5.57 Å². The molecule has 0 unspecified atom stereocenters. The Morgan fingerprint density at radius 3 is 2.89 bits per heavy atom. The van der Waals surface area contributed by atoms with E-state index >= 15 is 0 Å². The highest BCUT2D eigenvalue weighted by Gasteiger charge is 2.10. The molecular weight excluding hydrogens is 285 g/mol. The number of alkyl halides is 1. The van der Waals surface area contributed by atoms with Crippen molar-refractivity contribution in [2.75, 3.05) is 17.7 Å². The molecule has 0 atom stereocenters. The van der Waals surface area contributed by atoms with Crippen molar-refractivity contribution in [3.05, 3.63) is 40.6 Å². The first-order chi connectivity index (χ1) is 9.08. The Morgan fingerprint density at radius 2 is 2.26 bits per heavy atom. The van der Waals surface area contributed by atoms with E-state index in [0.717, 1.165) is 5.56 Å². The molecule has 0 fully saturated rings. The SMILES string of the molecule is Cc1ccc(Cl)cc1NC(=O)/C(C#N)=C\NCCCl. The predicted molar refractivity (Wildman–Crippen MR) is 77.2 cm³/mol. The maximum atomic E-state index is 11.9. The summed E-state index contributed by atoms with van der Waals surface area (Å²) in [7, 11) is 0. The van der Waals surface area contributed by atoms with Gasteiger partial charge in [0.2, 0.25) is 0 Å². The molecule has 0 aromatic heterocycles. The van der Waals surface area contributed by atoms with E-state index in [1.807, 2.05) is 13.0 Å². The van der Waals surface area contributed by atoms with Crippen molar-refractivity contribution < 1.29 is 4.79 Å². The number of nitrogens with zero attached hydrogens (tertiary/aromatic N) is 1. The topological polar surface area (TPSA) is 64.9 Å². The van der Waals surface area contributed by atoms with Crippen LogP contribution in [0.4, 0.5) is 5.69 Å². The van der Waals surface area contributed by atoms with Crippen LogP contribution >= 0.6 is 23.2 Å². The van der Waals surface area contributed by atoms with E-state index in [2.05, 4.69) is 10.6 Å². The fraction of sp³-hybridized carbons (Fsp3) is 0.231. The first-order valence-corrected chi connectivity index (χ1v) is 6.47. The fourth-order valence-electron chi connectivity index (χ4n) is 1.30. The molecule has 0 aliphatic carbocycles. The van der Waals surface area contributed by atoms with Crippen LogP contribution in [0.25, 0.3) is 0 Å². The summed E-state index contributed by atoms with van der Waals surface area (Å²) >= 11 is 11.3. The molecule has 19 heavy (non-hydrogen) atoms. The summed E-state index contributed by atoms with van der Waals surface area (Å²) in [5, 5.41) is 14.9. The van der Waals surface area contributed by atoms with Crippen molar-refractivity contribution >= 4 is 34.8 Å². The third-order valence-corrected chi connectivity index (χ3v) is 2.72. The summed E-state index contributed by atoms with van der Waals surface area (Å²) in [6.07, 6.45) is 1.34. The van der Waals surface area contributed by atoms with Crippen LogP contribution in [0.1, 0.15) is 5.56 Å². The number of carbonyl (C=O) groups is 1. The number of hydrogen-bond donors (Lipinski definition) is 2. The minimum Gasteiger partial charge on any atom is -0.388 e. The average molecular weight is 298 g/mol. The first-order valence-electron chi connectivity index (χ1n) is 5.55. The van der Waals surface area contributed by atoms with Gasteiger partial charge in [0.05, 0.1) is 0 Å². The lowest BCUT2D eigenvalue weighted by Gasteiger charge is -2.08. The lowest BCUT2D eigenvalue weighted by Crippen LogP contribution is -2.18. The van der Waals surface area contributed by atoms with Crippen LogP contribution < -0.4 is 10.6 Å². The van der Waals surface area contributed by atoms with E-state index < -0.39 is 5.91 Å². The third kappa shape index (κ3) is 4.82.